The smallest absolute Gasteiger partial charge is 0.336 e. The minimum Gasteiger partial charge on any atom is -0.423 e. The zero-order valence-electron chi connectivity index (χ0n) is 16.4. The molecule has 0 saturated heterocycles. The zero-order chi connectivity index (χ0) is 21.2. The molecule has 0 aliphatic heterocycles. The van der Waals surface area contributed by atoms with Crippen molar-refractivity contribution >= 4 is 28.5 Å². The zero-order valence-corrected chi connectivity index (χ0v) is 16.4. The Balaban J connectivity index is 0.000000253. The summed E-state index contributed by atoms with van der Waals surface area (Å²) < 4.78 is 5.14. The van der Waals surface area contributed by atoms with Gasteiger partial charge in [-0.2, -0.15) is 0 Å². The lowest BCUT2D eigenvalue weighted by Crippen LogP contribution is -2.29. The second kappa shape index (κ2) is 10.7. The van der Waals surface area contributed by atoms with Crippen LogP contribution in [0.3, 0.4) is 0 Å². The molecule has 0 spiro atoms. The lowest BCUT2D eigenvalue weighted by atomic mass is 10.1. The van der Waals surface area contributed by atoms with Gasteiger partial charge in [-0.05, 0) is 43.2 Å². The van der Waals surface area contributed by atoms with E-state index < -0.39 is 0 Å². The molecule has 2 aromatic heterocycles. The van der Waals surface area contributed by atoms with E-state index in [9.17, 15) is 14.4 Å². The number of nitrogens with zero attached hydrogens (tertiary/aromatic N) is 1. The Kier molecular flexibility index (Phi) is 8.05. The second-order valence-corrected chi connectivity index (χ2v) is 6.32. The summed E-state index contributed by atoms with van der Waals surface area (Å²) in [7, 11) is 0. The fourth-order valence-electron chi connectivity index (χ4n) is 2.55. The van der Waals surface area contributed by atoms with Crippen LogP contribution in [0, 0.1) is 6.92 Å². The number of nitrogens with two attached hydrogens (primary N) is 1. The molecule has 2 heterocycles. The molecular formula is C21H24N4O4. The number of amides is 2. The van der Waals surface area contributed by atoms with Crippen molar-refractivity contribution in [3.63, 3.8) is 0 Å². The molecule has 8 heteroatoms. The molecule has 0 unspecified atom stereocenters. The van der Waals surface area contributed by atoms with Crippen LogP contribution in [0.25, 0.3) is 11.0 Å². The van der Waals surface area contributed by atoms with Crippen LogP contribution in [-0.4, -0.2) is 16.8 Å². The summed E-state index contributed by atoms with van der Waals surface area (Å²) >= 11 is 0. The normalized spacial score (nSPS) is 10.0. The van der Waals surface area contributed by atoms with Crippen LogP contribution in [0.1, 0.15) is 42.1 Å². The number of anilines is 1. The predicted octanol–water partition coefficient (Wildman–Crippen LogP) is 2.92. The number of carbonyl (C=O) groups is 2. The van der Waals surface area contributed by atoms with Gasteiger partial charge in [-0.25, -0.2) is 10.6 Å². The fourth-order valence-corrected chi connectivity index (χ4v) is 2.55. The van der Waals surface area contributed by atoms with Gasteiger partial charge in [0.1, 0.15) is 5.58 Å². The minimum atomic E-state index is -0.376. The number of unbranched alkanes of at least 4 members (excludes halogenated alkanes) is 1. The Morgan fingerprint density at radius 1 is 1.14 bits per heavy atom. The summed E-state index contributed by atoms with van der Waals surface area (Å²) in [6.07, 6.45) is 5.42. The summed E-state index contributed by atoms with van der Waals surface area (Å²) in [6.45, 7) is 3.90. The van der Waals surface area contributed by atoms with Gasteiger partial charge < -0.3 is 9.73 Å². The average Bonchev–Trinajstić information content (AvgIpc) is 2.72. The topological polar surface area (TPSA) is 127 Å². The lowest BCUT2D eigenvalue weighted by molar-refractivity contribution is -0.116. The first kappa shape index (κ1) is 21.8. The number of fused-ring (bicyclic) bond motifs is 1. The van der Waals surface area contributed by atoms with Crippen LogP contribution in [-0.2, 0) is 4.79 Å². The molecule has 0 saturated carbocycles. The van der Waals surface area contributed by atoms with Gasteiger partial charge in [0, 0.05) is 47.6 Å². The van der Waals surface area contributed by atoms with Crippen molar-refractivity contribution in [2.45, 2.75) is 33.1 Å². The van der Waals surface area contributed by atoms with Gasteiger partial charge in [0.05, 0.1) is 0 Å². The molecule has 2 amide bonds. The third-order valence-electron chi connectivity index (χ3n) is 4.07. The second-order valence-electron chi connectivity index (χ2n) is 6.32. The van der Waals surface area contributed by atoms with E-state index in [0.717, 1.165) is 23.8 Å². The highest BCUT2D eigenvalue weighted by molar-refractivity contribution is 5.94. The van der Waals surface area contributed by atoms with Gasteiger partial charge in [-0.3, -0.25) is 20.0 Å². The van der Waals surface area contributed by atoms with Crippen molar-refractivity contribution in [1.29, 1.82) is 0 Å². The van der Waals surface area contributed by atoms with E-state index in [1.165, 1.54) is 18.5 Å². The van der Waals surface area contributed by atoms with Gasteiger partial charge in [0.25, 0.3) is 5.91 Å². The maximum absolute atomic E-state index is 11.6. The number of nitrogen functional groups attached to an aromatic ring is 1. The van der Waals surface area contributed by atoms with E-state index in [1.54, 1.807) is 18.2 Å². The number of carbonyl (C=O) groups excluding carboxylic acids is 2. The number of nitrogens with one attached hydrogen (secondary N) is 2. The van der Waals surface area contributed by atoms with Crippen molar-refractivity contribution in [3.8, 4) is 0 Å². The molecule has 8 nitrogen and oxygen atoms in total. The highest BCUT2D eigenvalue weighted by atomic mass is 16.4. The molecule has 0 atom stereocenters. The number of hydrogen-bond donors (Lipinski definition) is 3. The van der Waals surface area contributed by atoms with E-state index in [0.29, 0.717) is 23.3 Å². The molecule has 1 aromatic carbocycles. The van der Waals surface area contributed by atoms with Crippen LogP contribution in [0.5, 0.6) is 0 Å². The number of rotatable bonds is 5. The molecule has 4 N–H and O–H groups in total. The summed E-state index contributed by atoms with van der Waals surface area (Å²) in [4.78, 5) is 37.5. The molecule has 0 radical (unpaired) electrons. The largest absolute Gasteiger partial charge is 0.423 e. The van der Waals surface area contributed by atoms with E-state index >= 15 is 0 Å². The molecule has 152 valence electrons. The van der Waals surface area contributed by atoms with Crippen LogP contribution in [0.2, 0.25) is 0 Å². The van der Waals surface area contributed by atoms with Crippen molar-refractivity contribution < 1.29 is 14.0 Å². The molecular weight excluding hydrogens is 372 g/mol. The Morgan fingerprint density at radius 2 is 1.86 bits per heavy atom. The fraction of sp³-hybridized carbons (Fsp3) is 0.238. The average molecular weight is 396 g/mol. The standard InChI is InChI=1S/C15H17NO3.C6H7N3O/c1-3-4-5-14(17)16-11-6-7-12-10(2)8-15(18)19-13(12)9-11;7-9-6(10)5-1-3-8-4-2-5/h6-9H,3-5H2,1-2H3,(H,16,17);1-4H,7H2,(H,9,10). The van der Waals surface area contributed by atoms with Crippen molar-refractivity contribution in [3.05, 3.63) is 70.3 Å². The summed E-state index contributed by atoms with van der Waals surface area (Å²) in [6, 6.07) is 9.99. The lowest BCUT2D eigenvalue weighted by Gasteiger charge is -2.06. The van der Waals surface area contributed by atoms with Gasteiger partial charge in [-0.15, -0.1) is 0 Å². The number of hydrazine groups is 1. The van der Waals surface area contributed by atoms with E-state index in [4.69, 9.17) is 10.3 Å². The van der Waals surface area contributed by atoms with Crippen LogP contribution in [0.15, 0.2) is 58.0 Å². The third-order valence-corrected chi connectivity index (χ3v) is 4.07. The molecule has 0 bridgehead atoms. The monoisotopic (exact) mass is 396 g/mol. The molecule has 29 heavy (non-hydrogen) atoms. The van der Waals surface area contributed by atoms with E-state index in [2.05, 4.69) is 10.3 Å². The van der Waals surface area contributed by atoms with E-state index in [-0.39, 0.29) is 17.4 Å². The highest BCUT2D eigenvalue weighted by Crippen LogP contribution is 2.20. The summed E-state index contributed by atoms with van der Waals surface area (Å²) in [5.41, 5.74) is 4.17. The highest BCUT2D eigenvalue weighted by Gasteiger charge is 2.06. The Morgan fingerprint density at radius 3 is 2.52 bits per heavy atom. The van der Waals surface area contributed by atoms with Gasteiger partial charge in [-0.1, -0.05) is 13.3 Å². The van der Waals surface area contributed by atoms with Crippen molar-refractivity contribution in [2.75, 3.05) is 5.32 Å². The van der Waals surface area contributed by atoms with Crippen molar-refractivity contribution in [1.82, 2.24) is 10.4 Å². The molecule has 0 fully saturated rings. The summed E-state index contributed by atoms with van der Waals surface area (Å²) in [5, 5.41) is 3.69. The summed E-state index contributed by atoms with van der Waals surface area (Å²) in [5.74, 6) is 4.56. The predicted molar refractivity (Wildman–Crippen MR) is 111 cm³/mol. The first-order valence-electron chi connectivity index (χ1n) is 9.20. The molecule has 0 aliphatic carbocycles. The maximum Gasteiger partial charge on any atom is 0.336 e. The molecule has 3 aromatic rings. The number of benzene rings is 1. The van der Waals surface area contributed by atoms with Crippen LogP contribution in [0.4, 0.5) is 5.69 Å². The minimum absolute atomic E-state index is 0.0174. The van der Waals surface area contributed by atoms with E-state index in [1.807, 2.05) is 31.4 Å². The van der Waals surface area contributed by atoms with Gasteiger partial charge in [0.15, 0.2) is 0 Å². The Labute approximate surface area is 168 Å². The molecule has 3 rings (SSSR count). The van der Waals surface area contributed by atoms with Crippen LogP contribution < -0.4 is 22.2 Å². The van der Waals surface area contributed by atoms with Gasteiger partial charge >= 0.3 is 5.63 Å². The number of aryl methyl sites for hydroxylation is 1. The number of pyridine rings is 1. The van der Waals surface area contributed by atoms with Crippen LogP contribution >= 0.6 is 0 Å². The van der Waals surface area contributed by atoms with Gasteiger partial charge in [0.2, 0.25) is 5.91 Å². The van der Waals surface area contributed by atoms with Crippen molar-refractivity contribution in [2.24, 2.45) is 5.84 Å². The SMILES string of the molecule is CCCCC(=O)Nc1ccc2c(C)cc(=O)oc2c1.NNC(=O)c1ccncc1. The first-order chi connectivity index (χ1) is 13.9. The number of hydrogen-bond acceptors (Lipinski definition) is 6. The number of aromatic nitrogens is 1. The Bertz CT molecular complexity index is 1030. The first-order valence-corrected chi connectivity index (χ1v) is 9.20. The molecule has 0 aliphatic rings. The maximum atomic E-state index is 11.6. The Hall–Kier alpha value is -3.52. The third kappa shape index (κ3) is 6.54. The quantitative estimate of drug-likeness (QED) is 0.263.